The number of hydrogen-bond donors (Lipinski definition) is 2. The third kappa shape index (κ3) is 3.50. The van der Waals surface area contributed by atoms with Crippen molar-refractivity contribution in [2.24, 2.45) is 0 Å². The van der Waals surface area contributed by atoms with E-state index in [4.69, 9.17) is 10.5 Å². The molecule has 0 aliphatic heterocycles. The van der Waals surface area contributed by atoms with Gasteiger partial charge in [-0.05, 0) is 39.8 Å². The second-order valence-corrected chi connectivity index (χ2v) is 9.57. The van der Waals surface area contributed by atoms with Gasteiger partial charge in [0.25, 0.3) is 0 Å². The minimum atomic E-state index is -4.26. The molecule has 3 N–H and O–H groups in total. The number of aromatic nitrogens is 3. The van der Waals surface area contributed by atoms with Gasteiger partial charge in [-0.15, -0.1) is 0 Å². The number of nitrogens with zero attached hydrogens (tertiary/aromatic N) is 3. The highest BCUT2D eigenvalue weighted by Crippen LogP contribution is 2.37. The van der Waals surface area contributed by atoms with Gasteiger partial charge in [0.1, 0.15) is 38.3 Å². The Balaban J connectivity index is 2.27. The molecule has 2 heterocycles. The number of fused-ring (bicyclic) bond motifs is 1. The van der Waals surface area contributed by atoms with Gasteiger partial charge in [-0.2, -0.15) is 0 Å². The fourth-order valence-corrected chi connectivity index (χ4v) is 4.82. The number of anilines is 2. The lowest BCUT2D eigenvalue weighted by atomic mass is 9.99. The van der Waals surface area contributed by atoms with Crippen molar-refractivity contribution in [2.75, 3.05) is 24.8 Å². The Labute approximate surface area is 175 Å². The van der Waals surface area contributed by atoms with Crippen molar-refractivity contribution in [3.05, 3.63) is 35.9 Å². The van der Waals surface area contributed by atoms with E-state index in [2.05, 4.69) is 15.0 Å². The Morgan fingerprint density at radius 3 is 2.50 bits per heavy atom. The molecule has 2 aromatic heterocycles. The molecule has 8 nitrogen and oxygen atoms in total. The molecule has 0 saturated heterocycles. The number of hydrogen-bond acceptors (Lipinski definition) is 7. The first kappa shape index (κ1) is 22.0. The van der Waals surface area contributed by atoms with Crippen molar-refractivity contribution in [3.8, 4) is 0 Å². The standard InChI is InChI=1S/C20H26FN5O3S/c1-11(20(3,4)29-6)26(5)19-16-15(23-12(2)24-19)17(18(22)25-16)30(27,28)14-10-8-7-9-13(14)21/h7-11,25H,22H2,1-6H3. The summed E-state index contributed by atoms with van der Waals surface area (Å²) >= 11 is 0. The van der Waals surface area contributed by atoms with Crippen LogP contribution in [0.25, 0.3) is 11.0 Å². The highest BCUT2D eigenvalue weighted by molar-refractivity contribution is 7.92. The summed E-state index contributed by atoms with van der Waals surface area (Å²) in [5, 5.41) is 0. The molecule has 0 fully saturated rings. The van der Waals surface area contributed by atoms with E-state index < -0.39 is 26.2 Å². The van der Waals surface area contributed by atoms with Gasteiger partial charge in [-0.3, -0.25) is 0 Å². The molecule has 0 spiro atoms. The van der Waals surface area contributed by atoms with Crippen LogP contribution >= 0.6 is 0 Å². The second kappa shape index (κ2) is 7.51. The van der Waals surface area contributed by atoms with Crippen LogP contribution in [-0.4, -0.2) is 49.2 Å². The summed E-state index contributed by atoms with van der Waals surface area (Å²) in [7, 11) is -0.811. The van der Waals surface area contributed by atoms with Crippen LogP contribution in [0.2, 0.25) is 0 Å². The summed E-state index contributed by atoms with van der Waals surface area (Å²) in [5.74, 6) is -0.154. The molecule has 0 bridgehead atoms. The monoisotopic (exact) mass is 435 g/mol. The fraction of sp³-hybridized carbons (Fsp3) is 0.400. The molecule has 10 heteroatoms. The van der Waals surface area contributed by atoms with Crippen molar-refractivity contribution in [3.63, 3.8) is 0 Å². The van der Waals surface area contributed by atoms with Gasteiger partial charge < -0.3 is 20.4 Å². The van der Waals surface area contributed by atoms with Crippen LogP contribution in [0, 0.1) is 12.7 Å². The number of halogens is 1. The van der Waals surface area contributed by atoms with E-state index in [-0.39, 0.29) is 22.3 Å². The zero-order valence-electron chi connectivity index (χ0n) is 17.8. The molecular weight excluding hydrogens is 409 g/mol. The number of sulfone groups is 1. The summed E-state index contributed by atoms with van der Waals surface area (Å²) in [5.41, 5.74) is 6.03. The minimum absolute atomic E-state index is 0.118. The number of benzene rings is 1. The third-order valence-corrected chi connectivity index (χ3v) is 7.42. The molecule has 1 atom stereocenters. The van der Waals surface area contributed by atoms with E-state index in [1.54, 1.807) is 14.0 Å². The number of aryl methyl sites for hydroxylation is 1. The van der Waals surface area contributed by atoms with Gasteiger partial charge in [0, 0.05) is 14.2 Å². The Bertz CT molecular complexity index is 1210. The summed E-state index contributed by atoms with van der Waals surface area (Å²) in [6, 6.07) is 5.04. The predicted molar refractivity (Wildman–Crippen MR) is 114 cm³/mol. The Hall–Kier alpha value is -2.72. The molecule has 0 aliphatic carbocycles. The van der Waals surface area contributed by atoms with E-state index in [1.807, 2.05) is 32.7 Å². The van der Waals surface area contributed by atoms with Gasteiger partial charge in [0.05, 0.1) is 11.6 Å². The molecule has 1 unspecified atom stereocenters. The maximum atomic E-state index is 14.3. The average molecular weight is 436 g/mol. The third-order valence-electron chi connectivity index (χ3n) is 5.56. The Kier molecular flexibility index (Phi) is 5.50. The first-order valence-corrected chi connectivity index (χ1v) is 10.8. The number of rotatable bonds is 6. The number of nitrogens with two attached hydrogens (primary N) is 1. The number of aromatic amines is 1. The molecule has 3 aromatic rings. The predicted octanol–water partition coefficient (Wildman–Crippen LogP) is 3.07. The van der Waals surface area contributed by atoms with E-state index >= 15 is 0 Å². The number of ether oxygens (including phenoxy) is 1. The summed E-state index contributed by atoms with van der Waals surface area (Å²) in [4.78, 5) is 12.9. The van der Waals surface area contributed by atoms with Crippen molar-refractivity contribution in [1.29, 1.82) is 0 Å². The number of nitrogens with one attached hydrogen (secondary N) is 1. The first-order chi connectivity index (χ1) is 13.9. The van der Waals surface area contributed by atoms with Crippen LogP contribution in [0.5, 0.6) is 0 Å². The first-order valence-electron chi connectivity index (χ1n) is 9.35. The Morgan fingerprint density at radius 1 is 1.27 bits per heavy atom. The molecule has 0 saturated carbocycles. The molecule has 1 aromatic carbocycles. The smallest absolute Gasteiger partial charge is 0.215 e. The molecule has 3 rings (SSSR count). The molecule has 0 aliphatic rings. The van der Waals surface area contributed by atoms with Gasteiger partial charge in [-0.25, -0.2) is 22.8 Å². The second-order valence-electron chi connectivity index (χ2n) is 7.71. The minimum Gasteiger partial charge on any atom is -0.384 e. The van der Waals surface area contributed by atoms with E-state index in [0.717, 1.165) is 6.07 Å². The van der Waals surface area contributed by atoms with Crippen molar-refractivity contribution >= 4 is 32.5 Å². The SMILES string of the molecule is COC(C)(C)C(C)N(C)c1nc(C)nc2c(S(=O)(=O)c3ccccc3F)c(N)[nH]c12. The Morgan fingerprint density at radius 2 is 1.90 bits per heavy atom. The topological polar surface area (TPSA) is 114 Å². The van der Waals surface area contributed by atoms with Crippen molar-refractivity contribution in [2.45, 2.75) is 49.1 Å². The normalized spacial score (nSPS) is 13.6. The van der Waals surface area contributed by atoms with E-state index in [9.17, 15) is 12.8 Å². The number of methoxy groups -OCH3 is 1. The van der Waals surface area contributed by atoms with Gasteiger partial charge in [0.15, 0.2) is 5.82 Å². The maximum absolute atomic E-state index is 14.3. The van der Waals surface area contributed by atoms with Crippen LogP contribution in [0.4, 0.5) is 16.0 Å². The molecule has 162 valence electrons. The zero-order valence-corrected chi connectivity index (χ0v) is 18.6. The maximum Gasteiger partial charge on any atom is 0.215 e. The highest BCUT2D eigenvalue weighted by atomic mass is 32.2. The average Bonchev–Trinajstić information content (AvgIpc) is 3.02. The van der Waals surface area contributed by atoms with Crippen LogP contribution in [-0.2, 0) is 14.6 Å². The van der Waals surface area contributed by atoms with Gasteiger partial charge >= 0.3 is 0 Å². The van der Waals surface area contributed by atoms with Crippen molar-refractivity contribution in [1.82, 2.24) is 15.0 Å². The van der Waals surface area contributed by atoms with Crippen LogP contribution in [0.1, 0.15) is 26.6 Å². The van der Waals surface area contributed by atoms with Crippen molar-refractivity contribution < 1.29 is 17.5 Å². The lowest BCUT2D eigenvalue weighted by molar-refractivity contribution is 0.00420. The zero-order chi connectivity index (χ0) is 22.4. The summed E-state index contributed by atoms with van der Waals surface area (Å²) in [6.07, 6.45) is 0. The number of likely N-dealkylation sites (N-methyl/N-ethyl adjacent to an activating group) is 1. The lowest BCUT2D eigenvalue weighted by Crippen LogP contribution is -2.47. The summed E-state index contributed by atoms with van der Waals surface area (Å²) < 4.78 is 46.4. The molecule has 0 amide bonds. The van der Waals surface area contributed by atoms with Gasteiger partial charge in [0.2, 0.25) is 9.84 Å². The number of H-pyrrole nitrogens is 1. The van der Waals surface area contributed by atoms with Crippen LogP contribution in [0.3, 0.4) is 0 Å². The fourth-order valence-electron chi connectivity index (χ4n) is 3.28. The highest BCUT2D eigenvalue weighted by Gasteiger charge is 2.34. The molecule has 30 heavy (non-hydrogen) atoms. The number of nitrogen functional groups attached to an aromatic ring is 1. The van der Waals surface area contributed by atoms with Gasteiger partial charge in [-0.1, -0.05) is 12.1 Å². The molecule has 0 radical (unpaired) electrons. The molecular formula is C20H26FN5O3S. The van der Waals surface area contributed by atoms with E-state index in [1.165, 1.54) is 18.2 Å². The summed E-state index contributed by atoms with van der Waals surface area (Å²) in [6.45, 7) is 7.51. The van der Waals surface area contributed by atoms with Crippen LogP contribution < -0.4 is 10.6 Å². The largest absolute Gasteiger partial charge is 0.384 e. The van der Waals surface area contributed by atoms with Crippen LogP contribution in [0.15, 0.2) is 34.1 Å². The van der Waals surface area contributed by atoms with E-state index in [0.29, 0.717) is 17.2 Å². The lowest BCUT2D eigenvalue weighted by Gasteiger charge is -2.37. The quantitative estimate of drug-likeness (QED) is 0.611.